The number of carbonyl (C=O) groups excluding carboxylic acids is 1. The molecule has 248 valence electrons. The van der Waals surface area contributed by atoms with Gasteiger partial charge >= 0.3 is 0 Å². The first-order chi connectivity index (χ1) is 23.9. The molecule has 6 rings (SSSR count). The molecule has 49 heavy (non-hydrogen) atoms. The third-order valence-electron chi connectivity index (χ3n) is 8.87. The van der Waals surface area contributed by atoms with E-state index in [0.29, 0.717) is 30.8 Å². The molecule has 0 aliphatic rings. The van der Waals surface area contributed by atoms with E-state index in [1.54, 1.807) is 7.11 Å². The van der Waals surface area contributed by atoms with Gasteiger partial charge < -0.3 is 25.7 Å². The van der Waals surface area contributed by atoms with Gasteiger partial charge in [0.15, 0.2) is 0 Å². The number of imidazole rings is 1. The Labute approximate surface area is 287 Å². The van der Waals surface area contributed by atoms with Crippen LogP contribution in [0.5, 0.6) is 5.75 Å². The summed E-state index contributed by atoms with van der Waals surface area (Å²) >= 11 is 0. The van der Waals surface area contributed by atoms with Crippen molar-refractivity contribution in [2.24, 2.45) is 11.5 Å². The molecule has 0 aliphatic heterocycles. The average Bonchev–Trinajstić information content (AvgIpc) is 3.50. The van der Waals surface area contributed by atoms with Gasteiger partial charge in [-0.25, -0.2) is 4.98 Å². The fourth-order valence-corrected chi connectivity index (χ4v) is 6.12. The third-order valence-corrected chi connectivity index (χ3v) is 8.87. The molecule has 6 aromatic rings. The third kappa shape index (κ3) is 8.23. The largest absolute Gasteiger partial charge is 0.497 e. The summed E-state index contributed by atoms with van der Waals surface area (Å²) in [5.74, 6) is 1.71. The van der Waals surface area contributed by atoms with Crippen molar-refractivity contribution in [3.63, 3.8) is 0 Å². The molecule has 8 heteroatoms. The SMILES string of the molecule is COc1cccc(CN(Cc2ccc(CN)cc2)C(=O)c2ccc3c(c2)nc(CCc2ccc(C(=N)N)cc2)n3CCc2ccccc2)c1. The van der Waals surface area contributed by atoms with Crippen LogP contribution in [0.3, 0.4) is 0 Å². The van der Waals surface area contributed by atoms with Crippen molar-refractivity contribution in [1.29, 1.82) is 5.41 Å². The smallest absolute Gasteiger partial charge is 0.254 e. The number of fused-ring (bicyclic) bond motifs is 1. The Balaban J connectivity index is 1.30. The molecule has 0 unspecified atom stereocenters. The highest BCUT2D eigenvalue weighted by molar-refractivity contribution is 5.97. The second kappa shape index (κ2) is 15.4. The number of nitrogen functional groups attached to an aromatic ring is 1. The van der Waals surface area contributed by atoms with E-state index in [2.05, 4.69) is 28.8 Å². The summed E-state index contributed by atoms with van der Waals surface area (Å²) < 4.78 is 7.74. The highest BCUT2D eigenvalue weighted by atomic mass is 16.5. The number of carbonyl (C=O) groups is 1. The zero-order valence-corrected chi connectivity index (χ0v) is 27.8. The number of nitrogens with zero attached hydrogens (tertiary/aromatic N) is 3. The number of methoxy groups -OCH3 is 1. The molecule has 5 aromatic carbocycles. The van der Waals surface area contributed by atoms with Gasteiger partial charge in [0.2, 0.25) is 0 Å². The Morgan fingerprint density at radius 3 is 2.10 bits per heavy atom. The first-order valence-corrected chi connectivity index (χ1v) is 16.6. The van der Waals surface area contributed by atoms with E-state index >= 15 is 0 Å². The number of ether oxygens (including phenoxy) is 1. The number of hydrogen-bond donors (Lipinski definition) is 3. The zero-order chi connectivity index (χ0) is 34.2. The van der Waals surface area contributed by atoms with E-state index < -0.39 is 0 Å². The van der Waals surface area contributed by atoms with E-state index in [9.17, 15) is 4.79 Å². The van der Waals surface area contributed by atoms with Gasteiger partial charge in [-0.05, 0) is 71.0 Å². The lowest BCUT2D eigenvalue weighted by atomic mass is 10.1. The maximum absolute atomic E-state index is 14.3. The summed E-state index contributed by atoms with van der Waals surface area (Å²) in [6.07, 6.45) is 2.38. The Kier molecular flexibility index (Phi) is 10.5. The summed E-state index contributed by atoms with van der Waals surface area (Å²) in [7, 11) is 1.65. The average molecular weight is 651 g/mol. The molecular formula is C41H42N6O2. The second-order valence-electron chi connectivity index (χ2n) is 12.3. The number of rotatable bonds is 14. The number of nitrogens with one attached hydrogen (secondary N) is 1. The van der Waals surface area contributed by atoms with Crippen LogP contribution in [0.2, 0.25) is 0 Å². The van der Waals surface area contributed by atoms with Crippen molar-refractivity contribution in [1.82, 2.24) is 14.5 Å². The lowest BCUT2D eigenvalue weighted by Gasteiger charge is -2.24. The minimum absolute atomic E-state index is 0.0613. The second-order valence-corrected chi connectivity index (χ2v) is 12.3. The van der Waals surface area contributed by atoms with E-state index in [-0.39, 0.29) is 11.7 Å². The van der Waals surface area contributed by atoms with E-state index in [4.69, 9.17) is 26.6 Å². The zero-order valence-electron chi connectivity index (χ0n) is 27.8. The van der Waals surface area contributed by atoms with Crippen LogP contribution in [0.1, 0.15) is 49.6 Å². The monoisotopic (exact) mass is 650 g/mol. The highest BCUT2D eigenvalue weighted by Crippen LogP contribution is 2.24. The number of aromatic nitrogens is 2. The van der Waals surface area contributed by atoms with Gasteiger partial charge in [0.1, 0.15) is 17.4 Å². The van der Waals surface area contributed by atoms with Crippen LogP contribution in [-0.4, -0.2) is 33.3 Å². The first-order valence-electron chi connectivity index (χ1n) is 16.6. The van der Waals surface area contributed by atoms with Crippen LogP contribution >= 0.6 is 0 Å². The predicted molar refractivity (Wildman–Crippen MR) is 196 cm³/mol. The van der Waals surface area contributed by atoms with Gasteiger partial charge in [0.25, 0.3) is 5.91 Å². The normalized spacial score (nSPS) is 11.1. The standard InChI is InChI=1S/C41H42N6O2/c1-49-36-9-5-8-33(24-36)28-46(27-32-12-10-31(26-42)11-13-32)41(48)35-19-20-38-37(25-35)45-39(47(38)23-22-29-6-3-2-4-7-29)21-16-30-14-17-34(18-15-30)40(43)44/h2-15,17-20,24-25H,16,21-23,26-28,42H2,1H3,(H3,43,44). The lowest BCUT2D eigenvalue weighted by Crippen LogP contribution is -2.30. The van der Waals surface area contributed by atoms with Gasteiger partial charge in [0.05, 0.1) is 18.1 Å². The first kappa shape index (κ1) is 33.2. The van der Waals surface area contributed by atoms with Crippen LogP contribution in [0.15, 0.2) is 121 Å². The van der Waals surface area contributed by atoms with Crippen molar-refractivity contribution < 1.29 is 9.53 Å². The molecule has 8 nitrogen and oxygen atoms in total. The van der Waals surface area contributed by atoms with Gasteiger partial charge in [-0.15, -0.1) is 0 Å². The number of hydrogen-bond acceptors (Lipinski definition) is 5. The van der Waals surface area contributed by atoms with Crippen LogP contribution in [0.25, 0.3) is 11.0 Å². The summed E-state index contributed by atoms with van der Waals surface area (Å²) in [5.41, 5.74) is 20.1. The maximum atomic E-state index is 14.3. The van der Waals surface area contributed by atoms with Gasteiger partial charge in [-0.1, -0.05) is 91.0 Å². The molecule has 0 atom stereocenters. The Morgan fingerprint density at radius 1 is 0.735 bits per heavy atom. The van der Waals surface area contributed by atoms with Crippen LogP contribution in [0, 0.1) is 5.41 Å². The molecule has 0 radical (unpaired) electrons. The Hall–Kier alpha value is -5.73. The quantitative estimate of drug-likeness (QED) is 0.0899. The number of amidine groups is 1. The molecule has 1 amide bonds. The molecule has 0 saturated carbocycles. The molecule has 0 fully saturated rings. The highest BCUT2D eigenvalue weighted by Gasteiger charge is 2.20. The predicted octanol–water partition coefficient (Wildman–Crippen LogP) is 6.66. The van der Waals surface area contributed by atoms with Gasteiger partial charge in [-0.2, -0.15) is 0 Å². The fraction of sp³-hybridized carbons (Fsp3) is 0.195. The van der Waals surface area contributed by atoms with E-state index in [0.717, 1.165) is 70.7 Å². The molecule has 0 bridgehead atoms. The summed E-state index contributed by atoms with van der Waals surface area (Å²) in [6, 6.07) is 40.1. The van der Waals surface area contributed by atoms with Crippen LogP contribution < -0.4 is 16.2 Å². The Morgan fingerprint density at radius 2 is 1.39 bits per heavy atom. The van der Waals surface area contributed by atoms with E-state index in [1.807, 2.05) is 102 Å². The van der Waals surface area contributed by atoms with Crippen molar-refractivity contribution in [3.05, 3.63) is 166 Å². The topological polar surface area (TPSA) is 123 Å². The van der Waals surface area contributed by atoms with Crippen molar-refractivity contribution in [2.75, 3.05) is 7.11 Å². The summed E-state index contributed by atoms with van der Waals surface area (Å²) in [6.45, 7) is 2.11. The summed E-state index contributed by atoms with van der Waals surface area (Å²) in [4.78, 5) is 21.3. The van der Waals surface area contributed by atoms with E-state index in [1.165, 1.54) is 5.56 Å². The number of benzene rings is 5. The molecular weight excluding hydrogens is 608 g/mol. The minimum atomic E-state index is -0.0708. The molecule has 0 aliphatic carbocycles. The molecule has 5 N–H and O–H groups in total. The maximum Gasteiger partial charge on any atom is 0.254 e. The van der Waals surface area contributed by atoms with Crippen molar-refractivity contribution in [3.8, 4) is 5.75 Å². The van der Waals surface area contributed by atoms with Crippen molar-refractivity contribution in [2.45, 2.75) is 45.4 Å². The molecule has 1 heterocycles. The van der Waals surface area contributed by atoms with Gasteiger partial charge in [-0.3, -0.25) is 10.2 Å². The number of nitrogens with two attached hydrogens (primary N) is 2. The summed E-state index contributed by atoms with van der Waals surface area (Å²) in [5, 5.41) is 7.70. The Bertz CT molecular complexity index is 2040. The molecule has 0 saturated heterocycles. The number of aryl methyl sites for hydroxylation is 4. The van der Waals surface area contributed by atoms with Crippen molar-refractivity contribution >= 4 is 22.8 Å². The molecule has 1 aromatic heterocycles. The fourth-order valence-electron chi connectivity index (χ4n) is 6.12. The molecule has 0 spiro atoms. The minimum Gasteiger partial charge on any atom is -0.497 e. The van der Waals surface area contributed by atoms with Crippen LogP contribution in [0.4, 0.5) is 0 Å². The lowest BCUT2D eigenvalue weighted by molar-refractivity contribution is 0.0730. The van der Waals surface area contributed by atoms with Gasteiger partial charge in [0, 0.05) is 43.7 Å². The number of amides is 1. The van der Waals surface area contributed by atoms with Crippen LogP contribution in [-0.2, 0) is 45.4 Å².